The smallest absolute Gasteiger partial charge is 0.0506 e. The third-order valence-electron chi connectivity index (χ3n) is 2.21. The maximum absolute atomic E-state index is 3.63. The minimum absolute atomic E-state index is 0.351. The van der Waals surface area contributed by atoms with E-state index in [9.17, 15) is 0 Å². The minimum Gasteiger partial charge on any atom is -0.309 e. The summed E-state index contributed by atoms with van der Waals surface area (Å²) in [4.78, 5) is 1.46. The maximum Gasteiger partial charge on any atom is 0.0506 e. The molecule has 1 heterocycles. The fourth-order valence-electron chi connectivity index (χ4n) is 1.38. The number of thioether (sulfide) groups is 1. The number of rotatable bonds is 6. The Morgan fingerprint density at radius 2 is 2.19 bits per heavy atom. The van der Waals surface area contributed by atoms with Gasteiger partial charge in [0, 0.05) is 15.4 Å². The molecule has 0 fully saturated rings. The van der Waals surface area contributed by atoms with E-state index in [1.807, 2.05) is 23.1 Å². The molecule has 92 valence electrons. The van der Waals surface area contributed by atoms with Crippen molar-refractivity contribution in [2.75, 3.05) is 12.3 Å². The van der Waals surface area contributed by atoms with E-state index in [2.05, 4.69) is 50.5 Å². The molecule has 1 aromatic rings. The number of hydrogen-bond acceptors (Lipinski definition) is 3. The summed E-state index contributed by atoms with van der Waals surface area (Å²) < 4.78 is 0.351. The Hall–Kier alpha value is 0.01000. The molecule has 1 nitrogen and oxygen atoms in total. The first-order chi connectivity index (χ1) is 7.53. The van der Waals surface area contributed by atoms with Crippen molar-refractivity contribution in [3.05, 3.63) is 22.4 Å². The van der Waals surface area contributed by atoms with Gasteiger partial charge in [-0.2, -0.15) is 11.8 Å². The van der Waals surface area contributed by atoms with Crippen LogP contribution in [0.3, 0.4) is 0 Å². The lowest BCUT2D eigenvalue weighted by Gasteiger charge is -2.23. The van der Waals surface area contributed by atoms with Crippen LogP contribution in [0.2, 0.25) is 0 Å². The van der Waals surface area contributed by atoms with Gasteiger partial charge in [0.1, 0.15) is 0 Å². The summed E-state index contributed by atoms with van der Waals surface area (Å²) >= 11 is 3.89. The Kier molecular flexibility index (Phi) is 5.87. The summed E-state index contributed by atoms with van der Waals surface area (Å²) in [7, 11) is 0. The van der Waals surface area contributed by atoms with Gasteiger partial charge < -0.3 is 5.32 Å². The molecule has 1 atom stereocenters. The second-order valence-corrected chi connectivity index (χ2v) is 7.77. The van der Waals surface area contributed by atoms with Crippen LogP contribution in [0.5, 0.6) is 0 Å². The molecule has 0 aliphatic rings. The summed E-state index contributed by atoms with van der Waals surface area (Å²) in [6.45, 7) is 10.2. The van der Waals surface area contributed by atoms with Gasteiger partial charge in [0.2, 0.25) is 0 Å². The summed E-state index contributed by atoms with van der Waals surface area (Å²) in [6.07, 6.45) is 1.20. The van der Waals surface area contributed by atoms with Crippen LogP contribution in [0.4, 0.5) is 0 Å². The molecule has 1 rings (SSSR count). The van der Waals surface area contributed by atoms with Crippen molar-refractivity contribution in [3.8, 4) is 0 Å². The summed E-state index contributed by atoms with van der Waals surface area (Å²) in [5.74, 6) is 1.16. The standard InChI is InChI=1S/C13H23NS2/c1-5-8-14-11(10-16-13(2,3)4)12-7-6-9-15-12/h6-7,9,11,14H,5,8,10H2,1-4H3. The molecule has 1 aromatic heterocycles. The zero-order chi connectivity index (χ0) is 12.0. The van der Waals surface area contributed by atoms with Crippen LogP contribution in [0.1, 0.15) is 45.0 Å². The Balaban J connectivity index is 2.51. The number of thiophene rings is 1. The first-order valence-corrected chi connectivity index (χ1v) is 7.80. The van der Waals surface area contributed by atoms with Crippen molar-refractivity contribution in [2.24, 2.45) is 0 Å². The quantitative estimate of drug-likeness (QED) is 0.814. The van der Waals surface area contributed by atoms with Crippen molar-refractivity contribution >= 4 is 23.1 Å². The molecular weight excluding hydrogens is 234 g/mol. The van der Waals surface area contributed by atoms with Gasteiger partial charge in [0.05, 0.1) is 6.04 Å². The summed E-state index contributed by atoms with van der Waals surface area (Å²) in [6, 6.07) is 4.90. The van der Waals surface area contributed by atoms with Crippen molar-refractivity contribution < 1.29 is 0 Å². The zero-order valence-electron chi connectivity index (χ0n) is 10.7. The van der Waals surface area contributed by atoms with Crippen LogP contribution < -0.4 is 5.32 Å². The first-order valence-electron chi connectivity index (χ1n) is 5.93. The molecule has 1 unspecified atom stereocenters. The topological polar surface area (TPSA) is 12.0 Å². The Morgan fingerprint density at radius 1 is 1.44 bits per heavy atom. The lowest BCUT2D eigenvalue weighted by molar-refractivity contribution is 0.583. The lowest BCUT2D eigenvalue weighted by Crippen LogP contribution is -2.25. The van der Waals surface area contributed by atoms with E-state index in [1.165, 1.54) is 11.3 Å². The van der Waals surface area contributed by atoms with E-state index in [0.717, 1.165) is 12.3 Å². The Morgan fingerprint density at radius 3 is 2.69 bits per heavy atom. The second-order valence-electron chi connectivity index (χ2n) is 4.95. The van der Waals surface area contributed by atoms with Crippen LogP contribution in [0.25, 0.3) is 0 Å². The molecule has 0 aliphatic carbocycles. The van der Waals surface area contributed by atoms with Gasteiger partial charge in [0.15, 0.2) is 0 Å². The third kappa shape index (κ3) is 5.37. The molecule has 0 aliphatic heterocycles. The van der Waals surface area contributed by atoms with Gasteiger partial charge in [-0.1, -0.05) is 33.8 Å². The van der Waals surface area contributed by atoms with Crippen LogP contribution in [-0.4, -0.2) is 17.0 Å². The van der Waals surface area contributed by atoms with Gasteiger partial charge in [-0.25, -0.2) is 0 Å². The monoisotopic (exact) mass is 257 g/mol. The Bertz CT molecular complexity index is 275. The number of nitrogens with one attached hydrogen (secondary N) is 1. The van der Waals surface area contributed by atoms with E-state index < -0.39 is 0 Å². The first kappa shape index (κ1) is 14.1. The van der Waals surface area contributed by atoms with E-state index in [-0.39, 0.29) is 0 Å². The average molecular weight is 257 g/mol. The highest BCUT2D eigenvalue weighted by Gasteiger charge is 2.17. The summed E-state index contributed by atoms with van der Waals surface area (Å²) in [5, 5.41) is 5.80. The Labute approximate surface area is 108 Å². The fourth-order valence-corrected chi connectivity index (χ4v) is 3.26. The number of hydrogen-bond donors (Lipinski definition) is 1. The molecule has 0 aromatic carbocycles. The van der Waals surface area contributed by atoms with Gasteiger partial charge in [-0.15, -0.1) is 11.3 Å². The molecule has 3 heteroatoms. The van der Waals surface area contributed by atoms with Crippen LogP contribution in [0.15, 0.2) is 17.5 Å². The molecule has 0 radical (unpaired) electrons. The predicted octanol–water partition coefficient (Wildman–Crippen LogP) is 4.32. The highest BCUT2D eigenvalue weighted by Crippen LogP contribution is 2.30. The van der Waals surface area contributed by atoms with Gasteiger partial charge >= 0.3 is 0 Å². The second kappa shape index (κ2) is 6.67. The van der Waals surface area contributed by atoms with Crippen molar-refractivity contribution in [2.45, 2.75) is 44.9 Å². The predicted molar refractivity (Wildman–Crippen MR) is 77.6 cm³/mol. The molecule has 0 saturated heterocycles. The molecule has 0 spiro atoms. The molecule has 16 heavy (non-hydrogen) atoms. The van der Waals surface area contributed by atoms with E-state index in [0.29, 0.717) is 10.8 Å². The van der Waals surface area contributed by atoms with Crippen molar-refractivity contribution in [3.63, 3.8) is 0 Å². The lowest BCUT2D eigenvalue weighted by atomic mass is 10.2. The van der Waals surface area contributed by atoms with E-state index in [1.54, 1.807) is 0 Å². The van der Waals surface area contributed by atoms with Crippen LogP contribution in [-0.2, 0) is 0 Å². The maximum atomic E-state index is 3.63. The highest BCUT2D eigenvalue weighted by atomic mass is 32.2. The normalized spacial score (nSPS) is 14.0. The van der Waals surface area contributed by atoms with Gasteiger partial charge in [-0.3, -0.25) is 0 Å². The van der Waals surface area contributed by atoms with Crippen LogP contribution in [0, 0.1) is 0 Å². The fraction of sp³-hybridized carbons (Fsp3) is 0.692. The largest absolute Gasteiger partial charge is 0.309 e. The molecular formula is C13H23NS2. The molecule has 0 amide bonds. The summed E-state index contributed by atoms with van der Waals surface area (Å²) in [5.41, 5.74) is 0. The third-order valence-corrected chi connectivity index (χ3v) is 4.56. The van der Waals surface area contributed by atoms with Crippen LogP contribution >= 0.6 is 23.1 Å². The highest BCUT2D eigenvalue weighted by molar-refractivity contribution is 8.00. The van der Waals surface area contributed by atoms with Gasteiger partial charge in [0.25, 0.3) is 0 Å². The van der Waals surface area contributed by atoms with Gasteiger partial charge in [-0.05, 0) is 24.4 Å². The van der Waals surface area contributed by atoms with Crippen molar-refractivity contribution in [1.82, 2.24) is 5.32 Å². The van der Waals surface area contributed by atoms with E-state index in [4.69, 9.17) is 0 Å². The minimum atomic E-state index is 0.351. The molecule has 0 bridgehead atoms. The average Bonchev–Trinajstić information content (AvgIpc) is 2.69. The van der Waals surface area contributed by atoms with Crippen molar-refractivity contribution in [1.29, 1.82) is 0 Å². The zero-order valence-corrected chi connectivity index (χ0v) is 12.4. The SMILES string of the molecule is CCCNC(CSC(C)(C)C)c1cccs1. The molecule has 0 saturated carbocycles. The van der Waals surface area contributed by atoms with E-state index >= 15 is 0 Å². The molecule has 1 N–H and O–H groups in total.